The van der Waals surface area contributed by atoms with E-state index in [1.807, 2.05) is 0 Å². The maximum Gasteiger partial charge on any atom is 0.233 e. The van der Waals surface area contributed by atoms with Crippen LogP contribution in [0.15, 0.2) is 12.1 Å². The second-order valence-electron chi connectivity index (χ2n) is 3.48. The summed E-state index contributed by atoms with van der Waals surface area (Å²) in [6, 6.07) is 3.54. The minimum absolute atomic E-state index is 0. The minimum Gasteiger partial charge on any atom is -0.480 e. The number of hydrogen-bond donors (Lipinski definition) is 1. The summed E-state index contributed by atoms with van der Waals surface area (Å²) < 4.78 is 10.6. The molecular weight excluding hydrogens is 265 g/mol. The second kappa shape index (κ2) is 8.33. The maximum atomic E-state index is 5.69. The zero-order chi connectivity index (χ0) is 10.5. The molecule has 0 atom stereocenters. The van der Waals surface area contributed by atoms with Crippen LogP contribution < -0.4 is 14.8 Å². The van der Waals surface area contributed by atoms with E-state index in [9.17, 15) is 0 Å². The van der Waals surface area contributed by atoms with Crippen molar-refractivity contribution >= 4 is 24.8 Å². The molecule has 0 aliphatic carbocycles. The first-order valence-electron chi connectivity index (χ1n) is 5.13. The van der Waals surface area contributed by atoms with E-state index in [2.05, 4.69) is 15.5 Å². The van der Waals surface area contributed by atoms with Gasteiger partial charge in [-0.05, 0) is 25.9 Å². The highest BCUT2D eigenvalue weighted by atomic mass is 35.5. The summed E-state index contributed by atoms with van der Waals surface area (Å²) in [6.45, 7) is 2.02. The van der Waals surface area contributed by atoms with Gasteiger partial charge in [-0.2, -0.15) is 0 Å². The summed E-state index contributed by atoms with van der Waals surface area (Å²) in [7, 11) is 1.57. The molecular formula is C10H17Cl2N3O2. The van der Waals surface area contributed by atoms with Crippen LogP contribution in [-0.2, 0) is 0 Å². The zero-order valence-corrected chi connectivity index (χ0v) is 11.2. The van der Waals surface area contributed by atoms with Gasteiger partial charge < -0.3 is 14.8 Å². The Morgan fingerprint density at radius 2 is 1.71 bits per heavy atom. The van der Waals surface area contributed by atoms with Gasteiger partial charge in [-0.15, -0.1) is 35.0 Å². The van der Waals surface area contributed by atoms with E-state index < -0.39 is 0 Å². The first-order chi connectivity index (χ1) is 7.38. The van der Waals surface area contributed by atoms with E-state index in [0.29, 0.717) is 11.8 Å². The van der Waals surface area contributed by atoms with Gasteiger partial charge in [0.15, 0.2) is 0 Å². The summed E-state index contributed by atoms with van der Waals surface area (Å²) in [4.78, 5) is 0. The summed E-state index contributed by atoms with van der Waals surface area (Å²) >= 11 is 0. The summed E-state index contributed by atoms with van der Waals surface area (Å²) in [5.74, 6) is 1.08. The number of nitrogens with one attached hydrogen (secondary N) is 1. The van der Waals surface area contributed by atoms with Crippen LogP contribution in [0.2, 0.25) is 0 Å². The van der Waals surface area contributed by atoms with E-state index >= 15 is 0 Å². The van der Waals surface area contributed by atoms with Crippen LogP contribution in [0.25, 0.3) is 0 Å². The molecule has 1 aromatic rings. The predicted molar refractivity (Wildman–Crippen MR) is 69.6 cm³/mol. The smallest absolute Gasteiger partial charge is 0.233 e. The fourth-order valence-corrected chi connectivity index (χ4v) is 1.56. The molecule has 1 saturated heterocycles. The third-order valence-electron chi connectivity index (χ3n) is 2.40. The molecule has 1 fully saturated rings. The molecule has 0 saturated carbocycles. The number of halogens is 2. The van der Waals surface area contributed by atoms with Crippen molar-refractivity contribution in [1.29, 1.82) is 0 Å². The van der Waals surface area contributed by atoms with Crippen LogP contribution in [0.4, 0.5) is 0 Å². The Kier molecular flexibility index (Phi) is 7.95. The Labute approximate surface area is 113 Å². The number of ether oxygens (including phenoxy) is 2. The largest absolute Gasteiger partial charge is 0.480 e. The number of nitrogens with zero attached hydrogens (tertiary/aromatic N) is 2. The van der Waals surface area contributed by atoms with Gasteiger partial charge in [0, 0.05) is 12.1 Å². The van der Waals surface area contributed by atoms with Crippen LogP contribution >= 0.6 is 24.8 Å². The predicted octanol–water partition coefficient (Wildman–Crippen LogP) is 1.46. The molecule has 1 aliphatic heterocycles. The van der Waals surface area contributed by atoms with Crippen LogP contribution in [0.1, 0.15) is 12.8 Å². The Morgan fingerprint density at radius 1 is 1.12 bits per heavy atom. The van der Waals surface area contributed by atoms with Gasteiger partial charge in [-0.3, -0.25) is 0 Å². The fraction of sp³-hybridized carbons (Fsp3) is 0.600. The Morgan fingerprint density at radius 3 is 2.24 bits per heavy atom. The van der Waals surface area contributed by atoms with Crippen molar-refractivity contribution in [1.82, 2.24) is 15.5 Å². The monoisotopic (exact) mass is 281 g/mol. The van der Waals surface area contributed by atoms with Crippen molar-refractivity contribution in [3.8, 4) is 11.8 Å². The highest BCUT2D eigenvalue weighted by molar-refractivity contribution is 5.85. The topological polar surface area (TPSA) is 56.3 Å². The van der Waals surface area contributed by atoms with Gasteiger partial charge in [0.05, 0.1) is 7.11 Å². The number of piperidine rings is 1. The molecule has 7 heteroatoms. The standard InChI is InChI=1S/C10H15N3O2.2ClH/c1-14-9-2-3-10(13-12-9)15-8-4-6-11-7-5-8;;/h2-3,8,11H,4-7H2,1H3;2*1H. The number of methoxy groups -OCH3 is 1. The lowest BCUT2D eigenvalue weighted by atomic mass is 10.1. The number of hydrogen-bond acceptors (Lipinski definition) is 5. The molecule has 5 nitrogen and oxygen atoms in total. The van der Waals surface area contributed by atoms with Gasteiger partial charge in [0.1, 0.15) is 6.10 Å². The third-order valence-corrected chi connectivity index (χ3v) is 2.40. The zero-order valence-electron chi connectivity index (χ0n) is 9.59. The van der Waals surface area contributed by atoms with Gasteiger partial charge in [-0.25, -0.2) is 0 Å². The van der Waals surface area contributed by atoms with E-state index in [0.717, 1.165) is 25.9 Å². The second-order valence-corrected chi connectivity index (χ2v) is 3.48. The van der Waals surface area contributed by atoms with Gasteiger partial charge in [0.2, 0.25) is 11.8 Å². The van der Waals surface area contributed by atoms with E-state index in [-0.39, 0.29) is 30.9 Å². The summed E-state index contributed by atoms with van der Waals surface area (Å²) in [5.41, 5.74) is 0. The molecule has 1 aromatic heterocycles. The van der Waals surface area contributed by atoms with E-state index in [1.54, 1.807) is 19.2 Å². The van der Waals surface area contributed by atoms with Crippen LogP contribution in [0.5, 0.6) is 11.8 Å². The van der Waals surface area contributed by atoms with Crippen LogP contribution in [0.3, 0.4) is 0 Å². The normalized spacial score (nSPS) is 15.4. The van der Waals surface area contributed by atoms with Crippen molar-refractivity contribution in [3.05, 3.63) is 12.1 Å². The van der Waals surface area contributed by atoms with Gasteiger partial charge in [0.25, 0.3) is 0 Å². The molecule has 1 aliphatic rings. The number of aromatic nitrogens is 2. The first-order valence-corrected chi connectivity index (χ1v) is 5.13. The molecule has 0 bridgehead atoms. The SMILES string of the molecule is COc1ccc(OC2CCNCC2)nn1.Cl.Cl. The Balaban J connectivity index is 0.00000128. The number of rotatable bonds is 3. The average Bonchev–Trinajstić information content (AvgIpc) is 2.31. The van der Waals surface area contributed by atoms with E-state index in [1.165, 1.54) is 0 Å². The molecule has 1 N–H and O–H groups in total. The van der Waals surface area contributed by atoms with Gasteiger partial charge in [-0.1, -0.05) is 0 Å². The van der Waals surface area contributed by atoms with Crippen molar-refractivity contribution in [2.24, 2.45) is 0 Å². The minimum atomic E-state index is 0. The highest BCUT2D eigenvalue weighted by Crippen LogP contribution is 2.14. The Bertz CT molecular complexity index is 305. The third kappa shape index (κ3) is 4.93. The fourth-order valence-electron chi connectivity index (χ4n) is 1.56. The molecule has 0 amide bonds. The lowest BCUT2D eigenvalue weighted by Crippen LogP contribution is -2.34. The molecule has 0 radical (unpaired) electrons. The van der Waals surface area contributed by atoms with Crippen molar-refractivity contribution in [3.63, 3.8) is 0 Å². The highest BCUT2D eigenvalue weighted by Gasteiger charge is 2.14. The summed E-state index contributed by atoms with van der Waals surface area (Å²) in [5, 5.41) is 11.1. The van der Waals surface area contributed by atoms with Gasteiger partial charge >= 0.3 is 0 Å². The quantitative estimate of drug-likeness (QED) is 0.909. The molecule has 2 heterocycles. The van der Waals surface area contributed by atoms with Crippen molar-refractivity contribution in [2.45, 2.75) is 18.9 Å². The Hall–Kier alpha value is -0.780. The molecule has 98 valence electrons. The molecule has 0 spiro atoms. The van der Waals surface area contributed by atoms with Crippen LogP contribution in [-0.4, -0.2) is 36.5 Å². The molecule has 0 unspecified atom stereocenters. The first kappa shape index (κ1) is 16.2. The molecule has 0 aromatic carbocycles. The maximum absolute atomic E-state index is 5.69. The lowest BCUT2D eigenvalue weighted by Gasteiger charge is -2.22. The molecule has 2 rings (SSSR count). The van der Waals surface area contributed by atoms with E-state index in [4.69, 9.17) is 9.47 Å². The average molecular weight is 282 g/mol. The van der Waals surface area contributed by atoms with Crippen molar-refractivity contribution in [2.75, 3.05) is 20.2 Å². The van der Waals surface area contributed by atoms with Crippen molar-refractivity contribution < 1.29 is 9.47 Å². The summed E-state index contributed by atoms with van der Waals surface area (Å²) in [6.07, 6.45) is 2.30. The lowest BCUT2D eigenvalue weighted by molar-refractivity contribution is 0.153. The van der Waals surface area contributed by atoms with Crippen LogP contribution in [0, 0.1) is 0 Å². The molecule has 17 heavy (non-hydrogen) atoms.